The van der Waals surface area contributed by atoms with Crippen LogP contribution in [0.4, 0.5) is 5.69 Å². The minimum atomic E-state index is -0.289. The Morgan fingerprint density at radius 2 is 1.89 bits per heavy atom. The van der Waals surface area contributed by atoms with Gasteiger partial charge in [0.05, 0.1) is 11.3 Å². The number of amides is 2. The van der Waals surface area contributed by atoms with Crippen LogP contribution in [0.3, 0.4) is 0 Å². The lowest BCUT2D eigenvalue weighted by Crippen LogP contribution is -2.36. The quantitative estimate of drug-likeness (QED) is 0.838. The molecule has 0 aromatic carbocycles. The van der Waals surface area contributed by atoms with Crippen molar-refractivity contribution in [2.45, 2.75) is 12.8 Å². The zero-order chi connectivity index (χ0) is 12.5. The normalized spacial score (nSPS) is 17.4. The predicted molar refractivity (Wildman–Crippen MR) is 72.4 cm³/mol. The van der Waals surface area contributed by atoms with Crippen molar-refractivity contribution >= 4 is 29.9 Å². The Morgan fingerprint density at radius 1 is 1.16 bits per heavy atom. The Morgan fingerprint density at radius 3 is 2.58 bits per heavy atom. The van der Waals surface area contributed by atoms with Gasteiger partial charge in [-0.2, -0.15) is 5.01 Å². The number of nitrogens with zero attached hydrogens (tertiary/aromatic N) is 2. The van der Waals surface area contributed by atoms with Gasteiger partial charge in [0.2, 0.25) is 0 Å². The zero-order valence-electron chi connectivity index (χ0n) is 10.00. The maximum absolute atomic E-state index is 12.1. The number of allylic oxidation sites excluding steroid dienone is 1. The summed E-state index contributed by atoms with van der Waals surface area (Å²) in [6.45, 7) is 0. The molecule has 1 aliphatic carbocycles. The predicted octanol–water partition coefficient (Wildman–Crippen LogP) is 1.85. The van der Waals surface area contributed by atoms with Crippen molar-refractivity contribution in [2.75, 3.05) is 5.43 Å². The van der Waals surface area contributed by atoms with Crippen LogP contribution >= 0.6 is 12.4 Å². The molecule has 1 aromatic heterocycles. The molecule has 19 heavy (non-hydrogen) atoms. The van der Waals surface area contributed by atoms with Crippen LogP contribution in [-0.4, -0.2) is 21.8 Å². The first kappa shape index (κ1) is 13.3. The summed E-state index contributed by atoms with van der Waals surface area (Å²) in [7, 11) is 0. The molecule has 5 nitrogen and oxygen atoms in total. The lowest BCUT2D eigenvalue weighted by atomic mass is 10.00. The number of halogens is 1. The lowest BCUT2D eigenvalue weighted by molar-refractivity contribution is -0.135. The molecule has 0 radical (unpaired) electrons. The molecular formula is C13H12ClN3O2. The van der Waals surface area contributed by atoms with Gasteiger partial charge in [0.1, 0.15) is 0 Å². The molecule has 0 fully saturated rings. The molecule has 0 bridgehead atoms. The van der Waals surface area contributed by atoms with E-state index < -0.39 is 0 Å². The fourth-order valence-electron chi connectivity index (χ4n) is 2.09. The Labute approximate surface area is 116 Å². The third-order valence-corrected chi connectivity index (χ3v) is 2.99. The number of nitrogens with one attached hydrogen (secondary N) is 1. The molecule has 0 unspecified atom stereocenters. The van der Waals surface area contributed by atoms with Crippen molar-refractivity contribution in [3.8, 4) is 0 Å². The average Bonchev–Trinajstić information content (AvgIpc) is 2.66. The van der Waals surface area contributed by atoms with Gasteiger partial charge in [0.15, 0.2) is 0 Å². The number of anilines is 1. The summed E-state index contributed by atoms with van der Waals surface area (Å²) in [6.07, 6.45) is 8.28. The Kier molecular flexibility index (Phi) is 3.66. The number of hydrogen-bond acceptors (Lipinski definition) is 4. The van der Waals surface area contributed by atoms with Crippen molar-refractivity contribution in [1.29, 1.82) is 0 Å². The van der Waals surface area contributed by atoms with E-state index in [0.717, 1.165) is 11.4 Å². The average molecular weight is 278 g/mol. The SMILES string of the molecule is Cl.O=C1C2=C(CCC=C2)C(=O)N1Nc1ccncc1. The molecule has 1 N–H and O–H groups in total. The van der Waals surface area contributed by atoms with Gasteiger partial charge in [-0.3, -0.25) is 20.0 Å². The first-order chi connectivity index (χ1) is 8.77. The van der Waals surface area contributed by atoms with Gasteiger partial charge >= 0.3 is 0 Å². The van der Waals surface area contributed by atoms with E-state index in [2.05, 4.69) is 10.4 Å². The molecule has 0 saturated heterocycles. The molecule has 0 spiro atoms. The summed E-state index contributed by atoms with van der Waals surface area (Å²) in [4.78, 5) is 28.0. The van der Waals surface area contributed by atoms with Gasteiger partial charge in [-0.15, -0.1) is 12.4 Å². The fraction of sp³-hybridized carbons (Fsp3) is 0.154. The molecule has 3 rings (SSSR count). The molecular weight excluding hydrogens is 266 g/mol. The summed E-state index contributed by atoms with van der Waals surface area (Å²) < 4.78 is 0. The topological polar surface area (TPSA) is 62.3 Å². The van der Waals surface area contributed by atoms with Crippen LogP contribution in [0.25, 0.3) is 0 Å². The van der Waals surface area contributed by atoms with Crippen LogP contribution in [0, 0.1) is 0 Å². The van der Waals surface area contributed by atoms with Gasteiger partial charge in [-0.1, -0.05) is 12.2 Å². The van der Waals surface area contributed by atoms with Gasteiger partial charge in [-0.25, -0.2) is 0 Å². The van der Waals surface area contributed by atoms with E-state index >= 15 is 0 Å². The minimum Gasteiger partial charge on any atom is -0.288 e. The largest absolute Gasteiger partial charge is 0.288 e. The summed E-state index contributed by atoms with van der Waals surface area (Å²) in [5, 5.41) is 1.07. The molecule has 0 saturated carbocycles. The Hall–Kier alpha value is -2.14. The number of carbonyl (C=O) groups excluding carboxylic acids is 2. The molecule has 2 heterocycles. The van der Waals surface area contributed by atoms with Crippen LogP contribution < -0.4 is 5.43 Å². The van der Waals surface area contributed by atoms with Crippen LogP contribution in [0.2, 0.25) is 0 Å². The maximum atomic E-state index is 12.1. The van der Waals surface area contributed by atoms with Crippen molar-refractivity contribution in [1.82, 2.24) is 9.99 Å². The highest BCUT2D eigenvalue weighted by molar-refractivity contribution is 6.21. The number of hydrogen-bond donors (Lipinski definition) is 1. The van der Waals surface area contributed by atoms with Crippen molar-refractivity contribution in [3.63, 3.8) is 0 Å². The summed E-state index contributed by atoms with van der Waals surface area (Å²) in [5.74, 6) is -0.543. The lowest BCUT2D eigenvalue weighted by Gasteiger charge is -2.16. The van der Waals surface area contributed by atoms with Gasteiger partial charge < -0.3 is 0 Å². The van der Waals surface area contributed by atoms with E-state index in [4.69, 9.17) is 0 Å². The second-order valence-corrected chi connectivity index (χ2v) is 4.13. The first-order valence-corrected chi connectivity index (χ1v) is 5.72. The van der Waals surface area contributed by atoms with E-state index in [0.29, 0.717) is 23.3 Å². The molecule has 2 aliphatic rings. The van der Waals surface area contributed by atoms with E-state index in [1.807, 2.05) is 6.08 Å². The van der Waals surface area contributed by atoms with Crippen LogP contribution in [-0.2, 0) is 9.59 Å². The highest BCUT2D eigenvalue weighted by Crippen LogP contribution is 2.29. The first-order valence-electron chi connectivity index (χ1n) is 5.72. The number of pyridine rings is 1. The third kappa shape index (κ3) is 2.24. The highest BCUT2D eigenvalue weighted by atomic mass is 35.5. The fourth-order valence-corrected chi connectivity index (χ4v) is 2.09. The van der Waals surface area contributed by atoms with Crippen LogP contribution in [0.1, 0.15) is 12.8 Å². The molecule has 6 heteroatoms. The Balaban J connectivity index is 0.00000133. The number of aromatic nitrogens is 1. The van der Waals surface area contributed by atoms with Crippen LogP contribution in [0.15, 0.2) is 47.8 Å². The Bertz CT molecular complexity index is 581. The smallest absolute Gasteiger partial charge is 0.280 e. The minimum absolute atomic E-state index is 0. The highest BCUT2D eigenvalue weighted by Gasteiger charge is 2.37. The number of imide groups is 1. The van der Waals surface area contributed by atoms with E-state index in [1.165, 1.54) is 0 Å². The third-order valence-electron chi connectivity index (χ3n) is 2.99. The summed E-state index contributed by atoms with van der Waals surface area (Å²) in [6, 6.07) is 3.40. The zero-order valence-corrected chi connectivity index (χ0v) is 10.8. The molecule has 1 aromatic rings. The monoisotopic (exact) mass is 277 g/mol. The van der Waals surface area contributed by atoms with E-state index in [-0.39, 0.29) is 24.2 Å². The van der Waals surface area contributed by atoms with E-state index in [1.54, 1.807) is 30.6 Å². The number of carbonyl (C=O) groups is 2. The molecule has 2 amide bonds. The van der Waals surface area contributed by atoms with Gasteiger partial charge in [0, 0.05) is 18.0 Å². The maximum Gasteiger partial charge on any atom is 0.280 e. The van der Waals surface area contributed by atoms with Crippen LogP contribution in [0.5, 0.6) is 0 Å². The van der Waals surface area contributed by atoms with Crippen molar-refractivity contribution in [3.05, 3.63) is 47.8 Å². The van der Waals surface area contributed by atoms with E-state index in [9.17, 15) is 9.59 Å². The second kappa shape index (κ2) is 5.24. The molecule has 98 valence electrons. The number of rotatable bonds is 2. The molecule has 1 aliphatic heterocycles. The second-order valence-electron chi connectivity index (χ2n) is 4.13. The summed E-state index contributed by atoms with van der Waals surface area (Å²) >= 11 is 0. The number of hydrazine groups is 1. The summed E-state index contributed by atoms with van der Waals surface area (Å²) in [5.41, 5.74) is 4.59. The standard InChI is InChI=1S/C13H11N3O2.ClH/c17-12-10-3-1-2-4-11(10)13(18)16(12)15-9-5-7-14-8-6-9;/h1,3,5-8H,2,4H2,(H,14,15);1H. The van der Waals surface area contributed by atoms with Crippen molar-refractivity contribution in [2.24, 2.45) is 0 Å². The van der Waals surface area contributed by atoms with Crippen molar-refractivity contribution < 1.29 is 9.59 Å². The van der Waals surface area contributed by atoms with Gasteiger partial charge in [-0.05, 0) is 25.0 Å². The van der Waals surface area contributed by atoms with Gasteiger partial charge in [0.25, 0.3) is 11.8 Å². The molecule has 0 atom stereocenters.